The smallest absolute Gasteiger partial charge is 0.193 e. The number of methoxy groups -OCH3 is 1. The quantitative estimate of drug-likeness (QED) is 0.337. The zero-order valence-corrected chi connectivity index (χ0v) is 19.9. The molecule has 1 heterocycles. The summed E-state index contributed by atoms with van der Waals surface area (Å²) in [6, 6.07) is 7.07. The van der Waals surface area contributed by atoms with E-state index in [-0.39, 0.29) is 41.3 Å². The number of nitrogens with one attached hydrogen (secondary N) is 1. The summed E-state index contributed by atoms with van der Waals surface area (Å²) in [7, 11) is 5.44. The van der Waals surface area contributed by atoms with Gasteiger partial charge in [0.1, 0.15) is 16.9 Å². The number of hydrogen-bond donors (Lipinski definition) is 1. The molecule has 3 rings (SSSR count). The molecule has 0 spiro atoms. The van der Waals surface area contributed by atoms with Crippen molar-refractivity contribution in [1.82, 2.24) is 15.2 Å². The van der Waals surface area contributed by atoms with Gasteiger partial charge >= 0.3 is 0 Å². The summed E-state index contributed by atoms with van der Waals surface area (Å²) in [6.45, 7) is 3.32. The van der Waals surface area contributed by atoms with Gasteiger partial charge in [0.15, 0.2) is 5.96 Å². The van der Waals surface area contributed by atoms with E-state index in [0.717, 1.165) is 35.1 Å². The van der Waals surface area contributed by atoms with Crippen LogP contribution in [0.25, 0.3) is 0 Å². The molecule has 0 radical (unpaired) electrons. The molecule has 28 heavy (non-hydrogen) atoms. The SMILES string of the molecule is CN=C(NCC1(c2ccccc2F)CC1)N(C)Cc1csc(C(C)OC)n1.I. The number of aromatic nitrogens is 1. The number of thiazole rings is 1. The number of aliphatic imine (C=N–C) groups is 1. The maximum absolute atomic E-state index is 14.2. The predicted octanol–water partition coefficient (Wildman–Crippen LogP) is 4.35. The van der Waals surface area contributed by atoms with E-state index in [9.17, 15) is 4.39 Å². The molecular formula is C20H28FIN4OS. The largest absolute Gasteiger partial charge is 0.375 e. The number of hydrogen-bond acceptors (Lipinski definition) is 4. The molecule has 154 valence electrons. The molecule has 1 atom stereocenters. The molecule has 0 bridgehead atoms. The molecule has 1 aliphatic rings. The van der Waals surface area contributed by atoms with E-state index in [4.69, 9.17) is 4.74 Å². The van der Waals surface area contributed by atoms with Gasteiger partial charge in [0.25, 0.3) is 0 Å². The first-order chi connectivity index (χ1) is 13.0. The van der Waals surface area contributed by atoms with Crippen molar-refractivity contribution in [3.8, 4) is 0 Å². The van der Waals surface area contributed by atoms with Crippen LogP contribution in [0, 0.1) is 5.82 Å². The standard InChI is InChI=1S/C20H27FN4OS.HI/c1-14(26-4)18-24-15(12-27-18)11-25(3)19(22-2)23-13-20(9-10-20)16-7-5-6-8-17(16)21;/h5-8,12,14H,9-11,13H2,1-4H3,(H,22,23);1H. The normalized spacial score (nSPS) is 16.2. The van der Waals surface area contributed by atoms with E-state index in [1.54, 1.807) is 31.6 Å². The van der Waals surface area contributed by atoms with Crippen LogP contribution in [0.2, 0.25) is 0 Å². The fourth-order valence-corrected chi connectivity index (χ4v) is 4.06. The molecule has 1 aromatic heterocycles. The van der Waals surface area contributed by atoms with Crippen LogP contribution in [-0.4, -0.2) is 43.6 Å². The Kier molecular flexibility index (Phi) is 8.20. The molecule has 1 saturated carbocycles. The molecule has 1 N–H and O–H groups in total. The van der Waals surface area contributed by atoms with E-state index in [0.29, 0.717) is 13.1 Å². The van der Waals surface area contributed by atoms with Crippen LogP contribution in [0.5, 0.6) is 0 Å². The zero-order chi connectivity index (χ0) is 19.4. The van der Waals surface area contributed by atoms with Crippen molar-refractivity contribution in [2.75, 3.05) is 27.7 Å². The molecule has 8 heteroatoms. The van der Waals surface area contributed by atoms with Crippen LogP contribution in [0.4, 0.5) is 4.39 Å². The Bertz CT molecular complexity index is 809. The third kappa shape index (κ3) is 5.21. The van der Waals surface area contributed by atoms with Crippen molar-refractivity contribution in [1.29, 1.82) is 0 Å². The molecule has 1 aromatic carbocycles. The summed E-state index contributed by atoms with van der Waals surface area (Å²) < 4.78 is 19.5. The Morgan fingerprint density at radius 1 is 1.43 bits per heavy atom. The number of benzene rings is 1. The summed E-state index contributed by atoms with van der Waals surface area (Å²) in [5, 5.41) is 6.44. The number of guanidine groups is 1. The third-order valence-electron chi connectivity index (χ3n) is 5.13. The van der Waals surface area contributed by atoms with E-state index < -0.39 is 0 Å². The molecule has 1 unspecified atom stereocenters. The maximum atomic E-state index is 14.2. The Hall–Kier alpha value is -1.26. The second kappa shape index (κ2) is 9.98. The van der Waals surface area contributed by atoms with Crippen molar-refractivity contribution in [2.45, 2.75) is 37.8 Å². The number of rotatable bonds is 7. The Labute approximate surface area is 187 Å². The van der Waals surface area contributed by atoms with Gasteiger partial charge in [-0.1, -0.05) is 18.2 Å². The first-order valence-corrected chi connectivity index (χ1v) is 10.0. The molecule has 5 nitrogen and oxygen atoms in total. The van der Waals surface area contributed by atoms with Gasteiger partial charge < -0.3 is 15.0 Å². The van der Waals surface area contributed by atoms with Crippen molar-refractivity contribution in [3.63, 3.8) is 0 Å². The minimum atomic E-state index is -0.123. The lowest BCUT2D eigenvalue weighted by Crippen LogP contribution is -2.42. The minimum Gasteiger partial charge on any atom is -0.375 e. The van der Waals surface area contributed by atoms with Crippen molar-refractivity contribution in [2.24, 2.45) is 4.99 Å². The summed E-state index contributed by atoms with van der Waals surface area (Å²) in [4.78, 5) is 11.1. The van der Waals surface area contributed by atoms with E-state index in [1.165, 1.54) is 6.07 Å². The molecular weight excluding hydrogens is 490 g/mol. The lowest BCUT2D eigenvalue weighted by molar-refractivity contribution is 0.119. The van der Waals surface area contributed by atoms with Crippen LogP contribution in [-0.2, 0) is 16.7 Å². The van der Waals surface area contributed by atoms with Crippen LogP contribution in [0.1, 0.15) is 42.1 Å². The Morgan fingerprint density at radius 3 is 2.75 bits per heavy atom. The van der Waals surface area contributed by atoms with Crippen LogP contribution >= 0.6 is 35.3 Å². The third-order valence-corrected chi connectivity index (χ3v) is 6.18. The number of ether oxygens (including phenoxy) is 1. The number of nitrogens with zero attached hydrogens (tertiary/aromatic N) is 3. The maximum Gasteiger partial charge on any atom is 0.193 e. The van der Waals surface area contributed by atoms with Crippen LogP contribution < -0.4 is 5.32 Å². The van der Waals surface area contributed by atoms with Crippen LogP contribution in [0.15, 0.2) is 34.6 Å². The highest BCUT2D eigenvalue weighted by atomic mass is 127. The van der Waals surface area contributed by atoms with Gasteiger partial charge in [0.05, 0.1) is 12.2 Å². The van der Waals surface area contributed by atoms with Gasteiger partial charge in [0.2, 0.25) is 0 Å². The Balaban J connectivity index is 0.00000280. The average Bonchev–Trinajstić information content (AvgIpc) is 3.31. The lowest BCUT2D eigenvalue weighted by atomic mass is 9.95. The van der Waals surface area contributed by atoms with Crippen molar-refractivity contribution in [3.05, 3.63) is 51.7 Å². The summed E-state index contributed by atoms with van der Waals surface area (Å²) in [6.07, 6.45) is 1.99. The summed E-state index contributed by atoms with van der Waals surface area (Å²) in [5.74, 6) is 0.661. The van der Waals surface area contributed by atoms with Crippen LogP contribution in [0.3, 0.4) is 0 Å². The van der Waals surface area contributed by atoms with Crippen molar-refractivity contribution < 1.29 is 9.13 Å². The number of halogens is 2. The molecule has 0 saturated heterocycles. The highest BCUT2D eigenvalue weighted by molar-refractivity contribution is 14.0. The van der Waals surface area contributed by atoms with Crippen molar-refractivity contribution >= 4 is 41.3 Å². The monoisotopic (exact) mass is 518 g/mol. The van der Waals surface area contributed by atoms with E-state index in [1.807, 2.05) is 31.0 Å². The topological polar surface area (TPSA) is 49.8 Å². The first kappa shape index (κ1) is 23.0. The fraction of sp³-hybridized carbons (Fsp3) is 0.500. The highest BCUT2D eigenvalue weighted by Crippen LogP contribution is 2.48. The van der Waals surface area contributed by atoms with Gasteiger partial charge in [-0.25, -0.2) is 9.37 Å². The highest BCUT2D eigenvalue weighted by Gasteiger charge is 2.45. The van der Waals surface area contributed by atoms with Gasteiger partial charge in [-0.05, 0) is 31.4 Å². The molecule has 2 aromatic rings. The first-order valence-electron chi connectivity index (χ1n) is 9.13. The summed E-state index contributed by atoms with van der Waals surface area (Å²) >= 11 is 1.61. The zero-order valence-electron chi connectivity index (χ0n) is 16.7. The predicted molar refractivity (Wildman–Crippen MR) is 123 cm³/mol. The molecule has 1 fully saturated rings. The fourth-order valence-electron chi connectivity index (χ4n) is 3.22. The molecule has 1 aliphatic carbocycles. The van der Waals surface area contributed by atoms with Gasteiger partial charge in [-0.3, -0.25) is 4.99 Å². The second-order valence-corrected chi connectivity index (χ2v) is 7.96. The molecule has 0 aliphatic heterocycles. The van der Waals surface area contributed by atoms with Gasteiger partial charge in [-0.2, -0.15) is 0 Å². The summed E-state index contributed by atoms with van der Waals surface area (Å²) in [5.41, 5.74) is 1.66. The van der Waals surface area contributed by atoms with Gasteiger partial charge in [-0.15, -0.1) is 35.3 Å². The molecule has 0 amide bonds. The minimum absolute atomic E-state index is 0. The van der Waals surface area contributed by atoms with E-state index in [2.05, 4.69) is 20.7 Å². The average molecular weight is 518 g/mol. The Morgan fingerprint density at radius 2 is 2.14 bits per heavy atom. The second-order valence-electron chi connectivity index (χ2n) is 7.07. The lowest BCUT2D eigenvalue weighted by Gasteiger charge is -2.24. The van der Waals surface area contributed by atoms with Gasteiger partial charge in [0, 0.05) is 38.5 Å². The van der Waals surface area contributed by atoms with E-state index >= 15 is 0 Å².